The molecular weight excluding hydrogens is 262 g/mol. The summed E-state index contributed by atoms with van der Waals surface area (Å²) in [6.07, 6.45) is 5.22. The first-order valence-corrected chi connectivity index (χ1v) is 7.63. The average molecular weight is 285 g/mol. The Kier molecular flexibility index (Phi) is 3.22. The first-order chi connectivity index (χ1) is 9.80. The second kappa shape index (κ2) is 4.71. The summed E-state index contributed by atoms with van der Waals surface area (Å²) in [5.41, 5.74) is 8.55. The number of rotatable bonds is 1. The summed E-state index contributed by atoms with van der Waals surface area (Å²) in [7, 11) is 0. The van der Waals surface area contributed by atoms with Crippen molar-refractivity contribution in [3.8, 4) is 11.9 Å². The largest absolute Gasteiger partial charge is 0.471 e. The molecule has 1 aliphatic carbocycles. The van der Waals surface area contributed by atoms with Crippen molar-refractivity contribution < 1.29 is 4.74 Å². The second-order valence-corrected chi connectivity index (χ2v) is 7.81. The Morgan fingerprint density at radius 2 is 2.14 bits per heavy atom. The molecule has 0 unspecified atom stereocenters. The number of nitriles is 1. The minimum absolute atomic E-state index is 0.0409. The van der Waals surface area contributed by atoms with Gasteiger partial charge in [0, 0.05) is 37.1 Å². The minimum Gasteiger partial charge on any atom is -0.471 e. The lowest BCUT2D eigenvalue weighted by atomic mass is 9.67. The Hall–Kier alpha value is -1.60. The maximum atomic E-state index is 8.95. The lowest BCUT2D eigenvalue weighted by molar-refractivity contribution is -0.0589. The molecule has 1 saturated carbocycles. The topological polar surface area (TPSA) is 71.9 Å². The van der Waals surface area contributed by atoms with Crippen LogP contribution in [-0.2, 0) is 6.42 Å². The van der Waals surface area contributed by atoms with Gasteiger partial charge in [-0.05, 0) is 23.5 Å². The standard InChI is InChI=1S/C17H23N3O/c1-16(2,3)5-11-4-13-14(19)8-17(6-12(7-17)9-18)21-15(13)20-10-11/h4,10,12,14H,5-8,19H2,1-3H3/t12-,14-,17-/m0/s1. The minimum atomic E-state index is -0.245. The predicted octanol–water partition coefficient (Wildman–Crippen LogP) is 3.12. The van der Waals surface area contributed by atoms with E-state index in [1.807, 2.05) is 6.20 Å². The molecule has 4 nitrogen and oxygen atoms in total. The fourth-order valence-corrected chi connectivity index (χ4v) is 3.51. The summed E-state index contributed by atoms with van der Waals surface area (Å²) in [5.74, 6) is 0.779. The maximum Gasteiger partial charge on any atom is 0.218 e. The lowest BCUT2D eigenvalue weighted by Crippen LogP contribution is -2.52. The molecule has 21 heavy (non-hydrogen) atoms. The summed E-state index contributed by atoms with van der Waals surface area (Å²) in [5, 5.41) is 8.95. The summed E-state index contributed by atoms with van der Waals surface area (Å²) in [6, 6.07) is 4.41. The van der Waals surface area contributed by atoms with E-state index in [1.165, 1.54) is 5.56 Å². The van der Waals surface area contributed by atoms with E-state index < -0.39 is 0 Å². The second-order valence-electron chi connectivity index (χ2n) is 7.81. The highest BCUT2D eigenvalue weighted by molar-refractivity contribution is 5.37. The zero-order chi connectivity index (χ0) is 15.3. The number of fused-ring (bicyclic) bond motifs is 1. The molecule has 0 saturated heterocycles. The Labute approximate surface area is 126 Å². The van der Waals surface area contributed by atoms with Crippen LogP contribution in [0, 0.1) is 22.7 Å². The van der Waals surface area contributed by atoms with E-state index in [-0.39, 0.29) is 23.0 Å². The van der Waals surface area contributed by atoms with Gasteiger partial charge in [-0.3, -0.25) is 0 Å². The van der Waals surface area contributed by atoms with Gasteiger partial charge in [-0.1, -0.05) is 20.8 Å². The summed E-state index contributed by atoms with van der Waals surface area (Å²) >= 11 is 0. The molecule has 4 heteroatoms. The molecule has 1 aliphatic heterocycles. The monoisotopic (exact) mass is 285 g/mol. The van der Waals surface area contributed by atoms with Gasteiger partial charge in [0.25, 0.3) is 0 Å². The molecule has 1 aromatic rings. The van der Waals surface area contributed by atoms with Crippen LogP contribution < -0.4 is 10.5 Å². The van der Waals surface area contributed by atoms with Gasteiger partial charge in [0.05, 0.1) is 12.0 Å². The number of aromatic nitrogens is 1. The Morgan fingerprint density at radius 1 is 1.43 bits per heavy atom. The third-order valence-electron chi connectivity index (χ3n) is 4.39. The molecule has 1 fully saturated rings. The average Bonchev–Trinajstić information content (AvgIpc) is 2.34. The molecule has 112 valence electrons. The van der Waals surface area contributed by atoms with Crippen LogP contribution in [0.4, 0.5) is 0 Å². The Morgan fingerprint density at radius 3 is 2.76 bits per heavy atom. The zero-order valence-corrected chi connectivity index (χ0v) is 13.0. The number of ether oxygens (including phenoxy) is 1. The van der Waals surface area contributed by atoms with Crippen molar-refractivity contribution in [3.05, 3.63) is 23.4 Å². The number of nitrogens with zero attached hydrogens (tertiary/aromatic N) is 2. The fraction of sp³-hybridized carbons (Fsp3) is 0.647. The molecule has 0 amide bonds. The Balaban J connectivity index is 1.82. The maximum absolute atomic E-state index is 8.95. The zero-order valence-electron chi connectivity index (χ0n) is 13.0. The van der Waals surface area contributed by atoms with E-state index in [4.69, 9.17) is 15.7 Å². The van der Waals surface area contributed by atoms with Crippen molar-refractivity contribution in [2.45, 2.75) is 58.1 Å². The third kappa shape index (κ3) is 2.75. The SMILES string of the molecule is CC(C)(C)Cc1cnc2c(c1)[C@@H](N)C[C@]1(C[C@@H](C#N)C1)O2. The predicted molar refractivity (Wildman–Crippen MR) is 80.6 cm³/mol. The van der Waals surface area contributed by atoms with Crippen molar-refractivity contribution in [2.24, 2.45) is 17.1 Å². The highest BCUT2D eigenvalue weighted by Crippen LogP contribution is 2.50. The van der Waals surface area contributed by atoms with Gasteiger partial charge in [0.2, 0.25) is 5.88 Å². The van der Waals surface area contributed by atoms with Crippen LogP contribution in [0.25, 0.3) is 0 Å². The summed E-state index contributed by atoms with van der Waals surface area (Å²) in [6.45, 7) is 6.65. The van der Waals surface area contributed by atoms with E-state index in [1.54, 1.807) is 0 Å². The van der Waals surface area contributed by atoms with E-state index in [2.05, 4.69) is 37.9 Å². The van der Waals surface area contributed by atoms with Crippen molar-refractivity contribution in [1.82, 2.24) is 4.98 Å². The van der Waals surface area contributed by atoms with E-state index in [0.717, 1.165) is 31.2 Å². The van der Waals surface area contributed by atoms with Crippen LogP contribution in [0.2, 0.25) is 0 Å². The van der Waals surface area contributed by atoms with Gasteiger partial charge in [-0.25, -0.2) is 4.98 Å². The molecule has 0 radical (unpaired) electrons. The van der Waals surface area contributed by atoms with Crippen LogP contribution in [0.5, 0.6) is 5.88 Å². The quantitative estimate of drug-likeness (QED) is 0.860. The van der Waals surface area contributed by atoms with Crippen molar-refractivity contribution in [1.29, 1.82) is 5.26 Å². The highest BCUT2D eigenvalue weighted by atomic mass is 16.5. The molecule has 3 rings (SSSR count). The smallest absolute Gasteiger partial charge is 0.218 e. The molecule has 1 atom stereocenters. The van der Waals surface area contributed by atoms with E-state index >= 15 is 0 Å². The van der Waals surface area contributed by atoms with Crippen LogP contribution in [0.1, 0.15) is 57.2 Å². The van der Waals surface area contributed by atoms with Gasteiger partial charge < -0.3 is 10.5 Å². The van der Waals surface area contributed by atoms with E-state index in [0.29, 0.717) is 5.88 Å². The van der Waals surface area contributed by atoms with E-state index in [9.17, 15) is 0 Å². The molecule has 2 aliphatic rings. The van der Waals surface area contributed by atoms with Crippen LogP contribution in [-0.4, -0.2) is 10.6 Å². The number of pyridine rings is 1. The number of hydrogen-bond donors (Lipinski definition) is 1. The molecule has 0 bridgehead atoms. The normalized spacial score (nSPS) is 31.0. The first kappa shape index (κ1) is 14.3. The molecular formula is C17H23N3O. The van der Waals surface area contributed by atoms with Crippen LogP contribution in [0.3, 0.4) is 0 Å². The Bertz CT molecular complexity index is 591. The third-order valence-corrected chi connectivity index (χ3v) is 4.39. The van der Waals surface area contributed by atoms with Crippen LogP contribution >= 0.6 is 0 Å². The molecule has 1 spiro atoms. The van der Waals surface area contributed by atoms with Crippen molar-refractivity contribution in [2.75, 3.05) is 0 Å². The number of nitrogens with two attached hydrogens (primary N) is 1. The fourth-order valence-electron chi connectivity index (χ4n) is 3.51. The van der Waals surface area contributed by atoms with Gasteiger partial charge >= 0.3 is 0 Å². The van der Waals surface area contributed by atoms with Gasteiger partial charge in [0.15, 0.2) is 0 Å². The van der Waals surface area contributed by atoms with Crippen molar-refractivity contribution >= 4 is 0 Å². The van der Waals surface area contributed by atoms with Crippen LogP contribution in [0.15, 0.2) is 12.3 Å². The van der Waals surface area contributed by atoms with Gasteiger partial charge in [-0.15, -0.1) is 0 Å². The lowest BCUT2D eigenvalue weighted by Gasteiger charge is -2.48. The molecule has 2 N–H and O–H groups in total. The first-order valence-electron chi connectivity index (χ1n) is 7.63. The van der Waals surface area contributed by atoms with Gasteiger partial charge in [0.1, 0.15) is 5.60 Å². The van der Waals surface area contributed by atoms with Gasteiger partial charge in [-0.2, -0.15) is 5.26 Å². The summed E-state index contributed by atoms with van der Waals surface area (Å²) in [4.78, 5) is 4.50. The summed E-state index contributed by atoms with van der Waals surface area (Å²) < 4.78 is 6.10. The number of hydrogen-bond acceptors (Lipinski definition) is 4. The molecule has 1 aromatic heterocycles. The highest BCUT2D eigenvalue weighted by Gasteiger charge is 2.50. The molecule has 2 heterocycles. The molecule has 0 aromatic carbocycles. The van der Waals surface area contributed by atoms with Crippen molar-refractivity contribution in [3.63, 3.8) is 0 Å².